The van der Waals surface area contributed by atoms with Gasteiger partial charge in [-0.05, 0) is 43.5 Å². The molecule has 0 saturated carbocycles. The molecule has 35 heavy (non-hydrogen) atoms. The predicted octanol–water partition coefficient (Wildman–Crippen LogP) is 2.72. The van der Waals surface area contributed by atoms with Gasteiger partial charge in [0.05, 0.1) is 26.2 Å². The van der Waals surface area contributed by atoms with Crippen LogP contribution in [0.25, 0.3) is 0 Å². The SMILES string of the molecule is CCNC(=O)[C@H](CC)N(Cc1ccccc1C)C(=O)CN(c1ccc(OC)c(OC)c1)S(C)(=O)=O. The Labute approximate surface area is 208 Å². The summed E-state index contributed by atoms with van der Waals surface area (Å²) >= 11 is 0. The summed E-state index contributed by atoms with van der Waals surface area (Å²) in [6, 6.07) is 11.4. The van der Waals surface area contributed by atoms with Crippen molar-refractivity contribution >= 4 is 27.5 Å². The van der Waals surface area contributed by atoms with E-state index < -0.39 is 28.5 Å². The van der Waals surface area contributed by atoms with Gasteiger partial charge in [0.2, 0.25) is 21.8 Å². The van der Waals surface area contributed by atoms with E-state index in [-0.39, 0.29) is 18.1 Å². The molecule has 192 valence electrons. The maximum absolute atomic E-state index is 13.7. The van der Waals surface area contributed by atoms with Crippen molar-refractivity contribution < 1.29 is 27.5 Å². The highest BCUT2D eigenvalue weighted by Crippen LogP contribution is 2.32. The minimum Gasteiger partial charge on any atom is -0.493 e. The fraction of sp³-hybridized carbons (Fsp3) is 0.440. The molecule has 0 fully saturated rings. The lowest BCUT2D eigenvalue weighted by Crippen LogP contribution is -2.52. The van der Waals surface area contributed by atoms with E-state index in [1.807, 2.05) is 38.1 Å². The zero-order valence-electron chi connectivity index (χ0n) is 21.2. The smallest absolute Gasteiger partial charge is 0.244 e. The Morgan fingerprint density at radius 1 is 1.03 bits per heavy atom. The number of amides is 2. The van der Waals surface area contributed by atoms with Crippen LogP contribution in [0.4, 0.5) is 5.69 Å². The van der Waals surface area contributed by atoms with E-state index >= 15 is 0 Å². The third-order valence-electron chi connectivity index (χ3n) is 5.67. The zero-order chi connectivity index (χ0) is 26.2. The van der Waals surface area contributed by atoms with Crippen LogP contribution >= 0.6 is 0 Å². The van der Waals surface area contributed by atoms with Crippen LogP contribution in [0.5, 0.6) is 11.5 Å². The highest BCUT2D eigenvalue weighted by Gasteiger charge is 2.32. The maximum Gasteiger partial charge on any atom is 0.244 e. The minimum atomic E-state index is -3.85. The molecule has 0 aromatic heterocycles. The number of likely N-dealkylation sites (N-methyl/N-ethyl adjacent to an activating group) is 1. The Kier molecular flexibility index (Phi) is 9.94. The summed E-state index contributed by atoms with van der Waals surface area (Å²) in [7, 11) is -0.925. The number of aryl methyl sites for hydroxylation is 1. The van der Waals surface area contributed by atoms with Crippen LogP contribution in [0.2, 0.25) is 0 Å². The van der Waals surface area contributed by atoms with E-state index in [9.17, 15) is 18.0 Å². The third kappa shape index (κ3) is 7.11. The summed E-state index contributed by atoms with van der Waals surface area (Å²) in [6.07, 6.45) is 1.41. The summed E-state index contributed by atoms with van der Waals surface area (Å²) in [5.74, 6) is -0.0170. The van der Waals surface area contributed by atoms with Crippen molar-refractivity contribution in [1.29, 1.82) is 0 Å². The van der Waals surface area contributed by atoms with Gasteiger partial charge in [-0.15, -0.1) is 0 Å². The minimum absolute atomic E-state index is 0.171. The lowest BCUT2D eigenvalue weighted by molar-refractivity contribution is -0.140. The molecular weight excluding hydrogens is 470 g/mol. The lowest BCUT2D eigenvalue weighted by Gasteiger charge is -2.33. The summed E-state index contributed by atoms with van der Waals surface area (Å²) in [5.41, 5.74) is 2.09. The van der Waals surface area contributed by atoms with Gasteiger partial charge in [0.1, 0.15) is 12.6 Å². The van der Waals surface area contributed by atoms with E-state index in [1.165, 1.54) is 25.2 Å². The van der Waals surface area contributed by atoms with Crippen LogP contribution < -0.4 is 19.1 Å². The van der Waals surface area contributed by atoms with Crippen LogP contribution in [0.15, 0.2) is 42.5 Å². The van der Waals surface area contributed by atoms with Gasteiger partial charge in [0.25, 0.3) is 0 Å². The zero-order valence-corrected chi connectivity index (χ0v) is 22.0. The second kappa shape index (κ2) is 12.4. The number of carbonyl (C=O) groups is 2. The quantitative estimate of drug-likeness (QED) is 0.476. The molecule has 10 heteroatoms. The molecule has 0 saturated heterocycles. The number of ether oxygens (including phenoxy) is 2. The second-order valence-electron chi connectivity index (χ2n) is 8.08. The Hall–Kier alpha value is -3.27. The molecule has 2 amide bonds. The van der Waals surface area contributed by atoms with Gasteiger partial charge in [0.15, 0.2) is 11.5 Å². The number of nitrogens with one attached hydrogen (secondary N) is 1. The summed E-state index contributed by atoms with van der Waals surface area (Å²) < 4.78 is 37.0. The van der Waals surface area contributed by atoms with Crippen molar-refractivity contribution in [3.63, 3.8) is 0 Å². The maximum atomic E-state index is 13.7. The topological polar surface area (TPSA) is 105 Å². The molecule has 0 unspecified atom stereocenters. The van der Waals surface area contributed by atoms with Crippen LogP contribution in [-0.2, 0) is 26.2 Å². The Morgan fingerprint density at radius 3 is 2.23 bits per heavy atom. The first-order valence-corrected chi connectivity index (χ1v) is 13.2. The fourth-order valence-electron chi connectivity index (χ4n) is 3.78. The molecule has 0 aliphatic carbocycles. The number of anilines is 1. The van der Waals surface area contributed by atoms with Gasteiger partial charge in [-0.3, -0.25) is 13.9 Å². The van der Waals surface area contributed by atoms with Crippen LogP contribution in [-0.4, -0.2) is 64.7 Å². The molecule has 0 spiro atoms. The number of hydrogen-bond donors (Lipinski definition) is 1. The van der Waals surface area contributed by atoms with Crippen molar-refractivity contribution in [2.24, 2.45) is 0 Å². The van der Waals surface area contributed by atoms with Gasteiger partial charge in [0, 0.05) is 19.2 Å². The monoisotopic (exact) mass is 505 g/mol. The summed E-state index contributed by atoms with van der Waals surface area (Å²) in [6.45, 7) is 5.67. The molecule has 0 aliphatic heterocycles. The Balaban J connectivity index is 2.49. The molecular formula is C25H35N3O6S. The van der Waals surface area contributed by atoms with Gasteiger partial charge in [-0.2, -0.15) is 0 Å². The molecule has 1 N–H and O–H groups in total. The lowest BCUT2D eigenvalue weighted by atomic mass is 10.1. The van der Waals surface area contributed by atoms with E-state index in [0.29, 0.717) is 24.5 Å². The number of hydrogen-bond acceptors (Lipinski definition) is 6. The number of methoxy groups -OCH3 is 2. The average molecular weight is 506 g/mol. The first-order chi connectivity index (χ1) is 16.6. The van der Waals surface area contributed by atoms with Crippen molar-refractivity contribution in [1.82, 2.24) is 10.2 Å². The summed E-state index contributed by atoms with van der Waals surface area (Å²) in [5, 5.41) is 2.78. The largest absolute Gasteiger partial charge is 0.493 e. The van der Waals surface area contributed by atoms with Gasteiger partial charge >= 0.3 is 0 Å². The highest BCUT2D eigenvalue weighted by molar-refractivity contribution is 7.92. The molecule has 0 bridgehead atoms. The molecule has 2 aromatic rings. The van der Waals surface area contributed by atoms with Crippen molar-refractivity contribution in [3.05, 3.63) is 53.6 Å². The second-order valence-corrected chi connectivity index (χ2v) is 9.98. The first-order valence-electron chi connectivity index (χ1n) is 11.4. The van der Waals surface area contributed by atoms with E-state index in [4.69, 9.17) is 9.47 Å². The van der Waals surface area contributed by atoms with E-state index in [2.05, 4.69) is 5.32 Å². The Morgan fingerprint density at radius 2 is 1.69 bits per heavy atom. The van der Waals surface area contributed by atoms with Crippen molar-refractivity contribution in [2.75, 3.05) is 37.9 Å². The number of rotatable bonds is 12. The van der Waals surface area contributed by atoms with Crippen LogP contribution in [0, 0.1) is 6.92 Å². The van der Waals surface area contributed by atoms with Crippen LogP contribution in [0.1, 0.15) is 31.4 Å². The average Bonchev–Trinajstić information content (AvgIpc) is 2.82. The molecule has 1 atom stereocenters. The van der Waals surface area contributed by atoms with Crippen molar-refractivity contribution in [2.45, 2.75) is 39.8 Å². The molecule has 9 nitrogen and oxygen atoms in total. The van der Waals surface area contributed by atoms with Crippen LogP contribution in [0.3, 0.4) is 0 Å². The number of benzene rings is 2. The number of sulfonamides is 1. The molecule has 0 aliphatic rings. The predicted molar refractivity (Wildman–Crippen MR) is 136 cm³/mol. The number of carbonyl (C=O) groups excluding carboxylic acids is 2. The van der Waals surface area contributed by atoms with Crippen molar-refractivity contribution in [3.8, 4) is 11.5 Å². The van der Waals surface area contributed by atoms with Gasteiger partial charge in [-0.25, -0.2) is 8.42 Å². The number of nitrogens with zero attached hydrogens (tertiary/aromatic N) is 2. The van der Waals surface area contributed by atoms with E-state index in [1.54, 1.807) is 19.1 Å². The third-order valence-corrected chi connectivity index (χ3v) is 6.81. The molecule has 0 radical (unpaired) electrons. The van der Waals surface area contributed by atoms with E-state index in [0.717, 1.165) is 21.7 Å². The molecule has 2 aromatic carbocycles. The standard InChI is InChI=1S/C25H35N3O6S/c1-7-21(25(30)26-8-2)27(16-19-12-10-9-11-18(19)3)24(29)17-28(35(6,31)32)20-13-14-22(33-4)23(15-20)34-5/h9-15,21H,7-8,16-17H2,1-6H3,(H,26,30)/t21-/m0/s1. The molecule has 0 heterocycles. The fourth-order valence-corrected chi connectivity index (χ4v) is 4.62. The summed E-state index contributed by atoms with van der Waals surface area (Å²) in [4.78, 5) is 27.9. The Bertz CT molecular complexity index is 1140. The molecule has 2 rings (SSSR count). The van der Waals surface area contributed by atoms with Gasteiger partial charge < -0.3 is 19.7 Å². The normalized spacial score (nSPS) is 11.9. The first kappa shape index (κ1) is 28.0. The highest BCUT2D eigenvalue weighted by atomic mass is 32.2. The van der Waals surface area contributed by atoms with Gasteiger partial charge in [-0.1, -0.05) is 31.2 Å².